The van der Waals surface area contributed by atoms with Crippen LogP contribution in [0, 0.1) is 11.8 Å². The van der Waals surface area contributed by atoms with Crippen molar-refractivity contribution < 1.29 is 23.8 Å². The number of nitrogens with one attached hydrogen (secondary N) is 1. The molecule has 1 aliphatic heterocycles. The van der Waals surface area contributed by atoms with Gasteiger partial charge in [-0.25, -0.2) is 4.79 Å². The van der Waals surface area contributed by atoms with E-state index in [2.05, 4.69) is 19.2 Å². The monoisotopic (exact) mass is 387 g/mol. The average molecular weight is 387 g/mol. The summed E-state index contributed by atoms with van der Waals surface area (Å²) in [6.45, 7) is 5.36. The summed E-state index contributed by atoms with van der Waals surface area (Å²) in [4.78, 5) is 24.0. The molecule has 0 unspecified atom stereocenters. The zero-order valence-electron chi connectivity index (χ0n) is 16.6. The van der Waals surface area contributed by atoms with Gasteiger partial charge in [-0.15, -0.1) is 0 Å². The van der Waals surface area contributed by atoms with Gasteiger partial charge in [0.1, 0.15) is 0 Å². The summed E-state index contributed by atoms with van der Waals surface area (Å²) in [7, 11) is 0. The van der Waals surface area contributed by atoms with Gasteiger partial charge in [0.25, 0.3) is 5.91 Å². The van der Waals surface area contributed by atoms with Crippen molar-refractivity contribution >= 4 is 18.0 Å². The van der Waals surface area contributed by atoms with Crippen LogP contribution < -0.4 is 14.8 Å². The third kappa shape index (κ3) is 5.50. The molecule has 1 fully saturated rings. The van der Waals surface area contributed by atoms with Crippen LogP contribution in [0.5, 0.6) is 11.5 Å². The summed E-state index contributed by atoms with van der Waals surface area (Å²) < 4.78 is 16.3. The van der Waals surface area contributed by atoms with E-state index in [-0.39, 0.29) is 18.6 Å². The number of ether oxygens (including phenoxy) is 3. The van der Waals surface area contributed by atoms with Crippen molar-refractivity contribution in [2.45, 2.75) is 45.6 Å². The molecule has 1 N–H and O–H groups in total. The second-order valence-corrected chi connectivity index (χ2v) is 7.64. The van der Waals surface area contributed by atoms with Crippen molar-refractivity contribution in [1.82, 2.24) is 5.32 Å². The van der Waals surface area contributed by atoms with E-state index in [9.17, 15) is 9.59 Å². The number of hydrogen-bond donors (Lipinski definition) is 1. The lowest BCUT2D eigenvalue weighted by atomic mass is 9.78. The summed E-state index contributed by atoms with van der Waals surface area (Å²) in [5.41, 5.74) is 0.802. The van der Waals surface area contributed by atoms with Crippen LogP contribution >= 0.6 is 0 Å². The summed E-state index contributed by atoms with van der Waals surface area (Å²) in [6, 6.07) is 5.65. The number of fused-ring (bicyclic) bond motifs is 1. The van der Waals surface area contributed by atoms with Crippen LogP contribution in [0.15, 0.2) is 24.3 Å². The molecule has 1 heterocycles. The molecule has 3 rings (SSSR count). The van der Waals surface area contributed by atoms with E-state index in [1.54, 1.807) is 6.08 Å². The first-order chi connectivity index (χ1) is 13.5. The largest absolute Gasteiger partial charge is 0.490 e. The zero-order valence-corrected chi connectivity index (χ0v) is 16.6. The first kappa shape index (κ1) is 20.2. The Labute approximate surface area is 166 Å². The zero-order chi connectivity index (χ0) is 19.9. The molecule has 1 aromatic carbocycles. The molecule has 6 nitrogen and oxygen atoms in total. The molecule has 152 valence electrons. The predicted molar refractivity (Wildman–Crippen MR) is 106 cm³/mol. The predicted octanol–water partition coefficient (Wildman–Crippen LogP) is 3.35. The smallest absolute Gasteiger partial charge is 0.331 e. The molecular formula is C22H29NO5. The summed E-state index contributed by atoms with van der Waals surface area (Å²) in [5.74, 6) is 1.62. The Balaban J connectivity index is 1.46. The quantitative estimate of drug-likeness (QED) is 0.620. The van der Waals surface area contributed by atoms with Gasteiger partial charge in [-0.3, -0.25) is 4.79 Å². The third-order valence-corrected chi connectivity index (χ3v) is 5.58. The molecule has 1 aromatic rings. The van der Waals surface area contributed by atoms with E-state index < -0.39 is 5.97 Å². The van der Waals surface area contributed by atoms with Gasteiger partial charge in [-0.2, -0.15) is 0 Å². The first-order valence-electron chi connectivity index (χ1n) is 10.1. The molecule has 0 saturated heterocycles. The highest BCUT2D eigenvalue weighted by molar-refractivity contribution is 5.89. The minimum absolute atomic E-state index is 0.160. The lowest BCUT2D eigenvalue weighted by Gasteiger charge is -2.34. The van der Waals surface area contributed by atoms with E-state index in [4.69, 9.17) is 14.2 Å². The van der Waals surface area contributed by atoms with Crippen LogP contribution in [0.4, 0.5) is 0 Å². The van der Waals surface area contributed by atoms with Gasteiger partial charge >= 0.3 is 5.97 Å². The molecule has 3 atom stereocenters. The van der Waals surface area contributed by atoms with Crippen molar-refractivity contribution in [1.29, 1.82) is 0 Å². The van der Waals surface area contributed by atoms with Crippen molar-refractivity contribution in [2.24, 2.45) is 11.8 Å². The standard InChI is InChI=1S/C22H29NO5/c1-15-5-3-6-18(16(15)2)23-21(24)14-28-22(25)10-8-17-7-9-19-20(13-17)27-12-4-11-26-19/h7-10,13,15-16,18H,3-6,11-12,14H2,1-2H3,(H,23,24)/b10-8+/t15-,16+,18-/m0/s1. The molecular weight excluding hydrogens is 358 g/mol. The Hall–Kier alpha value is -2.50. The van der Waals surface area contributed by atoms with Crippen LogP contribution in [-0.4, -0.2) is 37.7 Å². The molecule has 1 saturated carbocycles. The molecule has 2 aliphatic rings. The maximum absolute atomic E-state index is 12.1. The normalized spacial score (nSPS) is 24.4. The second kappa shape index (κ2) is 9.62. The lowest BCUT2D eigenvalue weighted by molar-refractivity contribution is -0.144. The first-order valence-corrected chi connectivity index (χ1v) is 10.1. The number of carbonyl (C=O) groups excluding carboxylic acids is 2. The maximum atomic E-state index is 12.1. The van der Waals surface area contributed by atoms with Crippen LogP contribution in [0.2, 0.25) is 0 Å². The Morgan fingerprint density at radius 3 is 2.75 bits per heavy atom. The number of esters is 1. The number of amides is 1. The molecule has 6 heteroatoms. The molecule has 0 radical (unpaired) electrons. The molecule has 1 aliphatic carbocycles. The molecule has 1 amide bonds. The number of carbonyl (C=O) groups is 2. The topological polar surface area (TPSA) is 73.9 Å². The number of hydrogen-bond acceptors (Lipinski definition) is 5. The van der Waals surface area contributed by atoms with Crippen LogP contribution in [0.1, 0.15) is 45.1 Å². The highest BCUT2D eigenvalue weighted by Gasteiger charge is 2.28. The van der Waals surface area contributed by atoms with Crippen LogP contribution in [0.3, 0.4) is 0 Å². The van der Waals surface area contributed by atoms with E-state index >= 15 is 0 Å². The summed E-state index contributed by atoms with van der Waals surface area (Å²) >= 11 is 0. The minimum Gasteiger partial charge on any atom is -0.490 e. The van der Waals surface area contributed by atoms with Gasteiger partial charge in [0.15, 0.2) is 18.1 Å². The van der Waals surface area contributed by atoms with Crippen molar-refractivity contribution in [3.05, 3.63) is 29.8 Å². The highest BCUT2D eigenvalue weighted by Crippen LogP contribution is 2.31. The Bertz CT molecular complexity index is 730. The van der Waals surface area contributed by atoms with Gasteiger partial charge in [-0.05, 0) is 42.0 Å². The minimum atomic E-state index is -0.549. The fraction of sp³-hybridized carbons (Fsp3) is 0.545. The number of rotatable bonds is 5. The van der Waals surface area contributed by atoms with Crippen molar-refractivity contribution in [3.63, 3.8) is 0 Å². The van der Waals surface area contributed by atoms with Crippen molar-refractivity contribution in [3.8, 4) is 11.5 Å². The van der Waals surface area contributed by atoms with Gasteiger partial charge in [0.05, 0.1) is 13.2 Å². The van der Waals surface area contributed by atoms with Crippen LogP contribution in [0.25, 0.3) is 6.08 Å². The van der Waals surface area contributed by atoms with Gasteiger partial charge in [0.2, 0.25) is 0 Å². The molecule has 0 aromatic heterocycles. The fourth-order valence-corrected chi connectivity index (χ4v) is 3.67. The summed E-state index contributed by atoms with van der Waals surface area (Å²) in [6.07, 6.45) is 7.10. The van der Waals surface area contributed by atoms with E-state index in [1.165, 1.54) is 12.5 Å². The highest BCUT2D eigenvalue weighted by atomic mass is 16.5. The van der Waals surface area contributed by atoms with E-state index in [1.807, 2.05) is 18.2 Å². The maximum Gasteiger partial charge on any atom is 0.331 e. The van der Waals surface area contributed by atoms with Gasteiger partial charge in [-0.1, -0.05) is 32.8 Å². The Morgan fingerprint density at radius 1 is 1.14 bits per heavy atom. The summed E-state index contributed by atoms with van der Waals surface area (Å²) in [5, 5.41) is 3.00. The Morgan fingerprint density at radius 2 is 1.93 bits per heavy atom. The molecule has 0 bridgehead atoms. The Kier molecular flexibility index (Phi) is 6.95. The average Bonchev–Trinajstić information content (AvgIpc) is 2.93. The SMILES string of the molecule is C[C@H]1[C@@H](NC(=O)COC(=O)/C=C/c2ccc3c(c2)OCCCO3)CCC[C@@H]1C. The van der Waals surface area contributed by atoms with Gasteiger partial charge in [0, 0.05) is 18.5 Å². The van der Waals surface area contributed by atoms with Crippen molar-refractivity contribution in [2.75, 3.05) is 19.8 Å². The second-order valence-electron chi connectivity index (χ2n) is 7.64. The molecule has 28 heavy (non-hydrogen) atoms. The number of benzene rings is 1. The van der Waals surface area contributed by atoms with E-state index in [0.717, 1.165) is 24.8 Å². The lowest BCUT2D eigenvalue weighted by Crippen LogP contribution is -2.45. The molecule has 0 spiro atoms. The van der Waals surface area contributed by atoms with Crippen LogP contribution in [-0.2, 0) is 14.3 Å². The fourth-order valence-electron chi connectivity index (χ4n) is 3.67. The van der Waals surface area contributed by atoms with Gasteiger partial charge < -0.3 is 19.5 Å². The third-order valence-electron chi connectivity index (χ3n) is 5.58. The van der Waals surface area contributed by atoms with E-state index in [0.29, 0.717) is 36.5 Å².